The van der Waals surface area contributed by atoms with E-state index in [1.165, 1.54) is 18.9 Å². The third kappa shape index (κ3) is 7.95. The van der Waals surface area contributed by atoms with E-state index in [0.717, 1.165) is 22.4 Å². The van der Waals surface area contributed by atoms with Crippen LogP contribution < -0.4 is 10.1 Å². The smallest absolute Gasteiger partial charge is 0.400 e. The summed E-state index contributed by atoms with van der Waals surface area (Å²) in [6.07, 6.45) is 0.187. The summed E-state index contributed by atoms with van der Waals surface area (Å²) in [6.45, 7) is 11.3. The minimum absolute atomic E-state index is 0.138. The van der Waals surface area contributed by atoms with Crippen molar-refractivity contribution in [3.05, 3.63) is 64.4 Å². The third-order valence-corrected chi connectivity index (χ3v) is 4.85. The van der Waals surface area contributed by atoms with Crippen LogP contribution in [0.4, 0.5) is 5.69 Å². The van der Waals surface area contributed by atoms with Gasteiger partial charge in [-0.15, -0.1) is 10.00 Å². The molecule has 2 aromatic rings. The molecule has 0 unspecified atom stereocenters. The highest BCUT2D eigenvalue weighted by Crippen LogP contribution is 2.21. The molecule has 0 atom stereocenters. The van der Waals surface area contributed by atoms with Crippen LogP contribution in [0, 0.1) is 19.1 Å². The molecule has 0 radical (unpaired) electrons. The third-order valence-electron chi connectivity index (χ3n) is 4.85. The number of nitrogens with one attached hydrogen (secondary N) is 1. The normalized spacial score (nSPS) is 11.5. The molecule has 34 heavy (non-hydrogen) atoms. The number of hydrogen-bond donors (Lipinski definition) is 1. The Morgan fingerprint density at radius 2 is 1.65 bits per heavy atom. The monoisotopic (exact) mass is 472 g/mol. The van der Waals surface area contributed by atoms with Gasteiger partial charge in [0.2, 0.25) is 11.5 Å². The van der Waals surface area contributed by atoms with Crippen molar-refractivity contribution in [1.82, 2.24) is 5.01 Å². The standard InChI is InChI=1S/C24H32N4O6/c1-7-27(8-2)28(31)26-34-33-23(30)24(5,6)32-21-11-9-19(10-12-21)16-22(29)25-20-14-17(3)13-18(4)15-20/h9-15H,7-8,16H2,1-6H3,(H,25,29)/b28-26+. The predicted octanol–water partition coefficient (Wildman–Crippen LogP) is 4.25. The molecular formula is C24H32N4O6. The van der Waals surface area contributed by atoms with Gasteiger partial charge in [0.1, 0.15) is 5.75 Å². The lowest BCUT2D eigenvalue weighted by Crippen LogP contribution is -2.39. The minimum Gasteiger partial charge on any atom is -0.569 e. The molecule has 2 rings (SSSR count). The molecule has 0 saturated carbocycles. The van der Waals surface area contributed by atoms with Crippen LogP contribution in [0.5, 0.6) is 5.75 Å². The van der Waals surface area contributed by atoms with E-state index in [9.17, 15) is 14.8 Å². The van der Waals surface area contributed by atoms with E-state index in [0.29, 0.717) is 18.8 Å². The first kappa shape index (κ1) is 26.4. The van der Waals surface area contributed by atoms with Gasteiger partial charge in [-0.1, -0.05) is 18.2 Å². The zero-order valence-corrected chi connectivity index (χ0v) is 20.5. The zero-order valence-electron chi connectivity index (χ0n) is 20.5. The quantitative estimate of drug-likeness (QED) is 0.225. The van der Waals surface area contributed by atoms with Gasteiger partial charge in [0.05, 0.1) is 24.5 Å². The summed E-state index contributed by atoms with van der Waals surface area (Å²) in [6, 6.07) is 12.7. The molecule has 0 heterocycles. The highest BCUT2D eigenvalue weighted by atomic mass is 17.3. The molecular weight excluding hydrogens is 440 g/mol. The SMILES string of the molecule is CCN(CC)/[N+]([O-])=N\OOC(=O)C(C)(C)Oc1ccc(CC(=O)Nc2cc(C)cc(C)c2)cc1. The second-order valence-electron chi connectivity index (χ2n) is 8.28. The summed E-state index contributed by atoms with van der Waals surface area (Å²) >= 11 is 0. The van der Waals surface area contributed by atoms with Crippen molar-refractivity contribution in [2.75, 3.05) is 18.4 Å². The van der Waals surface area contributed by atoms with Crippen LogP contribution in [0.25, 0.3) is 0 Å². The van der Waals surface area contributed by atoms with Gasteiger partial charge in [-0.25, -0.2) is 9.68 Å². The molecule has 1 N–H and O–H groups in total. The Hall–Kier alpha value is -3.82. The average molecular weight is 473 g/mol. The number of anilines is 1. The molecule has 0 saturated heterocycles. The second kappa shape index (κ2) is 11.9. The molecule has 0 aliphatic heterocycles. The van der Waals surface area contributed by atoms with Crippen LogP contribution in [0.15, 0.2) is 47.7 Å². The number of aryl methyl sites for hydroxylation is 2. The van der Waals surface area contributed by atoms with Crippen molar-refractivity contribution in [3.8, 4) is 5.75 Å². The lowest BCUT2D eigenvalue weighted by Gasteiger charge is -2.22. The van der Waals surface area contributed by atoms with Crippen LogP contribution in [0.3, 0.4) is 0 Å². The highest BCUT2D eigenvalue weighted by Gasteiger charge is 2.34. The maximum absolute atomic E-state index is 12.4. The number of hydrazine groups is 1. The maximum Gasteiger partial charge on any atom is 0.400 e. The lowest BCUT2D eigenvalue weighted by atomic mass is 10.1. The van der Waals surface area contributed by atoms with E-state index in [2.05, 4.69) is 20.5 Å². The minimum atomic E-state index is -1.42. The summed E-state index contributed by atoms with van der Waals surface area (Å²) < 4.78 is 5.69. The van der Waals surface area contributed by atoms with Gasteiger partial charge in [-0.2, -0.15) is 0 Å². The molecule has 0 spiro atoms. The van der Waals surface area contributed by atoms with Crippen LogP contribution in [0.2, 0.25) is 0 Å². The number of nitrogens with zero attached hydrogens (tertiary/aromatic N) is 3. The fraction of sp³-hybridized carbons (Fsp3) is 0.417. The molecule has 10 heteroatoms. The highest BCUT2D eigenvalue weighted by molar-refractivity contribution is 5.92. The van der Waals surface area contributed by atoms with Crippen molar-refractivity contribution in [3.63, 3.8) is 0 Å². The number of ether oxygens (including phenoxy) is 1. The first-order chi connectivity index (χ1) is 16.0. The molecule has 0 aliphatic carbocycles. The number of amides is 1. The van der Waals surface area contributed by atoms with Gasteiger partial charge in [0, 0.05) is 5.69 Å². The number of carbonyl (C=O) groups is 2. The van der Waals surface area contributed by atoms with Crippen molar-refractivity contribution < 1.29 is 29.2 Å². The molecule has 10 nitrogen and oxygen atoms in total. The topological polar surface area (TPSA) is 116 Å². The van der Waals surface area contributed by atoms with E-state index in [1.807, 2.05) is 32.0 Å². The number of carbonyl (C=O) groups excluding carboxylic acids is 2. The Morgan fingerprint density at radius 3 is 2.21 bits per heavy atom. The van der Waals surface area contributed by atoms with Crippen LogP contribution in [-0.2, 0) is 25.9 Å². The lowest BCUT2D eigenvalue weighted by molar-refractivity contribution is -0.720. The van der Waals surface area contributed by atoms with E-state index >= 15 is 0 Å². The summed E-state index contributed by atoms with van der Waals surface area (Å²) in [5.41, 5.74) is 2.27. The largest absolute Gasteiger partial charge is 0.569 e. The molecule has 0 fully saturated rings. The van der Waals surface area contributed by atoms with Gasteiger partial charge in [0.25, 0.3) is 5.28 Å². The Bertz CT molecular complexity index is 996. The van der Waals surface area contributed by atoms with Gasteiger partial charge < -0.3 is 15.3 Å². The molecule has 184 valence electrons. The Morgan fingerprint density at radius 1 is 1.06 bits per heavy atom. The van der Waals surface area contributed by atoms with Crippen LogP contribution >= 0.6 is 0 Å². The summed E-state index contributed by atoms with van der Waals surface area (Å²) in [5, 5.41) is 19.1. The van der Waals surface area contributed by atoms with Crippen LogP contribution in [-0.4, -0.2) is 40.5 Å². The van der Waals surface area contributed by atoms with Crippen molar-refractivity contribution in [2.45, 2.75) is 53.6 Å². The molecule has 0 bridgehead atoms. The fourth-order valence-corrected chi connectivity index (χ4v) is 3.15. The zero-order chi connectivity index (χ0) is 25.3. The average Bonchev–Trinajstić information content (AvgIpc) is 2.75. The Labute approximate surface area is 199 Å². The molecule has 2 aromatic carbocycles. The molecule has 1 amide bonds. The summed E-state index contributed by atoms with van der Waals surface area (Å²) in [4.78, 5) is 33.9. The van der Waals surface area contributed by atoms with E-state index in [4.69, 9.17) is 4.74 Å². The Balaban J connectivity index is 1.90. The number of rotatable bonds is 11. The van der Waals surface area contributed by atoms with Crippen molar-refractivity contribution >= 4 is 17.6 Å². The van der Waals surface area contributed by atoms with Gasteiger partial charge in [-0.3, -0.25) is 4.79 Å². The fourth-order valence-electron chi connectivity index (χ4n) is 3.15. The van der Waals surface area contributed by atoms with Gasteiger partial charge in [-0.05, 0) is 82.5 Å². The van der Waals surface area contributed by atoms with Crippen molar-refractivity contribution in [2.24, 2.45) is 5.28 Å². The second-order valence-corrected chi connectivity index (χ2v) is 8.28. The Kier molecular flexibility index (Phi) is 9.23. The molecule has 0 aliphatic rings. The predicted molar refractivity (Wildman–Crippen MR) is 126 cm³/mol. The first-order valence-corrected chi connectivity index (χ1v) is 11.0. The van der Waals surface area contributed by atoms with Gasteiger partial charge >= 0.3 is 5.97 Å². The maximum atomic E-state index is 12.4. The number of hydrogen-bond acceptors (Lipinski definition) is 7. The van der Waals surface area contributed by atoms with Gasteiger partial charge in [0.15, 0.2) is 0 Å². The first-order valence-electron chi connectivity index (χ1n) is 11.0. The van der Waals surface area contributed by atoms with E-state index in [-0.39, 0.29) is 17.3 Å². The number of benzene rings is 2. The van der Waals surface area contributed by atoms with E-state index in [1.54, 1.807) is 38.1 Å². The van der Waals surface area contributed by atoms with Crippen LogP contribution in [0.1, 0.15) is 44.4 Å². The summed E-state index contributed by atoms with van der Waals surface area (Å²) in [7, 11) is 0. The summed E-state index contributed by atoms with van der Waals surface area (Å²) in [5.74, 6) is -0.618. The van der Waals surface area contributed by atoms with Crippen molar-refractivity contribution in [1.29, 1.82) is 0 Å². The van der Waals surface area contributed by atoms with E-state index < -0.39 is 11.6 Å². The molecule has 0 aromatic heterocycles.